The van der Waals surface area contributed by atoms with E-state index in [1.807, 2.05) is 0 Å². The molecule has 0 aliphatic carbocycles. The molecule has 1 amide bonds. The van der Waals surface area contributed by atoms with Gasteiger partial charge >= 0.3 is 0 Å². The lowest BCUT2D eigenvalue weighted by atomic mass is 10.3. The fourth-order valence-electron chi connectivity index (χ4n) is 0.946. The summed E-state index contributed by atoms with van der Waals surface area (Å²) in [5.41, 5.74) is 0. The van der Waals surface area contributed by atoms with E-state index in [1.165, 1.54) is 11.3 Å². The largest absolute Gasteiger partial charge is 0.386 e. The van der Waals surface area contributed by atoms with Crippen LogP contribution in [0.5, 0.6) is 0 Å². The number of carbonyl (C=O) groups is 1. The molecule has 0 aliphatic heterocycles. The predicted octanol–water partition coefficient (Wildman–Crippen LogP) is 2.18. The zero-order valence-electron chi connectivity index (χ0n) is 8.04. The van der Waals surface area contributed by atoms with Crippen LogP contribution in [0.3, 0.4) is 0 Å². The molecule has 1 aromatic heterocycles. The first-order valence-electron chi connectivity index (χ1n) is 4.35. The SMILES string of the molecule is CC(Cl)C(=O)NCC(O)c1ccc(Cl)s1. The van der Waals surface area contributed by atoms with Crippen LogP contribution in [0.2, 0.25) is 4.34 Å². The Kier molecular flexibility index (Phi) is 4.86. The maximum Gasteiger partial charge on any atom is 0.237 e. The van der Waals surface area contributed by atoms with Crippen LogP contribution >= 0.6 is 34.5 Å². The van der Waals surface area contributed by atoms with Gasteiger partial charge in [0.25, 0.3) is 0 Å². The van der Waals surface area contributed by atoms with Crippen molar-refractivity contribution in [1.29, 1.82) is 0 Å². The highest BCUT2D eigenvalue weighted by molar-refractivity contribution is 7.16. The topological polar surface area (TPSA) is 49.3 Å². The number of hydrogen-bond acceptors (Lipinski definition) is 3. The molecule has 0 bridgehead atoms. The number of hydrogen-bond donors (Lipinski definition) is 2. The average molecular weight is 268 g/mol. The summed E-state index contributed by atoms with van der Waals surface area (Å²) in [7, 11) is 0. The van der Waals surface area contributed by atoms with E-state index in [4.69, 9.17) is 23.2 Å². The third-order valence-electron chi connectivity index (χ3n) is 1.75. The Morgan fingerprint density at radius 1 is 1.67 bits per heavy atom. The first kappa shape index (κ1) is 12.8. The number of alkyl halides is 1. The number of rotatable bonds is 4. The van der Waals surface area contributed by atoms with Crippen LogP contribution in [-0.2, 0) is 4.79 Å². The summed E-state index contributed by atoms with van der Waals surface area (Å²) in [6.07, 6.45) is -0.734. The van der Waals surface area contributed by atoms with E-state index < -0.39 is 11.5 Å². The van der Waals surface area contributed by atoms with Gasteiger partial charge in [-0.3, -0.25) is 4.79 Å². The van der Waals surface area contributed by atoms with E-state index in [0.29, 0.717) is 4.34 Å². The maximum atomic E-state index is 11.1. The lowest BCUT2D eigenvalue weighted by molar-refractivity contribution is -0.120. The minimum atomic E-state index is -0.734. The quantitative estimate of drug-likeness (QED) is 0.822. The van der Waals surface area contributed by atoms with Gasteiger partial charge in [-0.1, -0.05) is 11.6 Å². The Bertz CT molecular complexity index is 341. The van der Waals surface area contributed by atoms with E-state index in [-0.39, 0.29) is 12.5 Å². The molecule has 0 fully saturated rings. The average Bonchev–Trinajstić information content (AvgIpc) is 2.60. The summed E-state index contributed by atoms with van der Waals surface area (Å²) in [5, 5.41) is 11.6. The number of amides is 1. The Morgan fingerprint density at radius 3 is 2.80 bits per heavy atom. The monoisotopic (exact) mass is 267 g/mol. The smallest absolute Gasteiger partial charge is 0.237 e. The van der Waals surface area contributed by atoms with Crippen molar-refractivity contribution in [3.8, 4) is 0 Å². The van der Waals surface area contributed by atoms with Gasteiger partial charge in [0.1, 0.15) is 11.5 Å². The van der Waals surface area contributed by atoms with E-state index in [9.17, 15) is 9.90 Å². The molecule has 0 aliphatic rings. The zero-order valence-corrected chi connectivity index (χ0v) is 10.4. The highest BCUT2D eigenvalue weighted by Crippen LogP contribution is 2.26. The summed E-state index contributed by atoms with van der Waals surface area (Å²) in [6.45, 7) is 1.72. The minimum absolute atomic E-state index is 0.146. The molecule has 0 spiro atoms. The van der Waals surface area contributed by atoms with Crippen molar-refractivity contribution < 1.29 is 9.90 Å². The van der Waals surface area contributed by atoms with E-state index >= 15 is 0 Å². The molecule has 1 rings (SSSR count). The Morgan fingerprint density at radius 2 is 2.33 bits per heavy atom. The molecule has 1 aromatic rings. The Balaban J connectivity index is 2.43. The second kappa shape index (κ2) is 5.70. The van der Waals surface area contributed by atoms with Crippen molar-refractivity contribution in [3.05, 3.63) is 21.3 Å². The maximum absolute atomic E-state index is 11.1. The van der Waals surface area contributed by atoms with Crippen molar-refractivity contribution in [2.45, 2.75) is 18.4 Å². The molecule has 0 aromatic carbocycles. The number of carbonyl (C=O) groups excluding carboxylic acids is 1. The van der Waals surface area contributed by atoms with E-state index in [2.05, 4.69) is 5.32 Å². The first-order valence-corrected chi connectivity index (χ1v) is 5.99. The molecule has 15 heavy (non-hydrogen) atoms. The van der Waals surface area contributed by atoms with Crippen LogP contribution in [0.25, 0.3) is 0 Å². The summed E-state index contributed by atoms with van der Waals surface area (Å²) >= 11 is 12.6. The molecule has 2 N–H and O–H groups in total. The van der Waals surface area contributed by atoms with Crippen LogP contribution in [0, 0.1) is 0 Å². The summed E-state index contributed by atoms with van der Waals surface area (Å²) in [5.74, 6) is -0.293. The summed E-state index contributed by atoms with van der Waals surface area (Å²) < 4.78 is 0.612. The second-order valence-corrected chi connectivity index (χ2v) is 5.42. The number of halogens is 2. The van der Waals surface area contributed by atoms with E-state index in [1.54, 1.807) is 19.1 Å². The molecule has 2 unspecified atom stereocenters. The number of aliphatic hydroxyl groups excluding tert-OH is 1. The van der Waals surface area contributed by atoms with Gasteiger partial charge in [-0.2, -0.15) is 0 Å². The summed E-state index contributed by atoms with van der Waals surface area (Å²) in [6, 6.07) is 3.44. The van der Waals surface area contributed by atoms with Crippen LogP contribution in [0.15, 0.2) is 12.1 Å². The number of nitrogens with one attached hydrogen (secondary N) is 1. The molecule has 6 heteroatoms. The molecule has 1 heterocycles. The molecule has 84 valence electrons. The second-order valence-electron chi connectivity index (χ2n) is 3.02. The molecule has 2 atom stereocenters. The van der Waals surface area contributed by atoms with Crippen molar-refractivity contribution in [3.63, 3.8) is 0 Å². The van der Waals surface area contributed by atoms with Crippen LogP contribution in [0.1, 0.15) is 17.9 Å². The number of thiophene rings is 1. The van der Waals surface area contributed by atoms with Gasteiger partial charge < -0.3 is 10.4 Å². The molecule has 0 saturated carbocycles. The van der Waals surface area contributed by atoms with Crippen molar-refractivity contribution >= 4 is 40.4 Å². The fourth-order valence-corrected chi connectivity index (χ4v) is 2.07. The number of aliphatic hydroxyl groups is 1. The van der Waals surface area contributed by atoms with Gasteiger partial charge in [0.15, 0.2) is 0 Å². The molecular weight excluding hydrogens is 257 g/mol. The first-order chi connectivity index (χ1) is 7.00. The molecule has 0 saturated heterocycles. The van der Waals surface area contributed by atoms with Crippen molar-refractivity contribution in [2.75, 3.05) is 6.54 Å². The van der Waals surface area contributed by atoms with Crippen molar-refractivity contribution in [1.82, 2.24) is 5.32 Å². The van der Waals surface area contributed by atoms with Crippen molar-refractivity contribution in [2.24, 2.45) is 0 Å². The van der Waals surface area contributed by atoms with E-state index in [0.717, 1.165) is 4.88 Å². The molecular formula is C9H11Cl2NO2S. The normalized spacial score (nSPS) is 14.7. The molecule has 0 radical (unpaired) electrons. The van der Waals surface area contributed by atoms with Crippen LogP contribution in [-0.4, -0.2) is 22.9 Å². The highest BCUT2D eigenvalue weighted by atomic mass is 35.5. The summed E-state index contributed by atoms with van der Waals surface area (Å²) in [4.78, 5) is 11.8. The lowest BCUT2D eigenvalue weighted by Crippen LogP contribution is -2.32. The van der Waals surface area contributed by atoms with Gasteiger partial charge in [0, 0.05) is 11.4 Å². The predicted molar refractivity (Wildman–Crippen MR) is 62.6 cm³/mol. The van der Waals surface area contributed by atoms with Crippen LogP contribution < -0.4 is 5.32 Å². The van der Waals surface area contributed by atoms with Crippen LogP contribution in [0.4, 0.5) is 0 Å². The lowest BCUT2D eigenvalue weighted by Gasteiger charge is -2.10. The minimum Gasteiger partial charge on any atom is -0.386 e. The van der Waals surface area contributed by atoms with Gasteiger partial charge in [0.05, 0.1) is 4.34 Å². The van der Waals surface area contributed by atoms with Gasteiger partial charge in [-0.25, -0.2) is 0 Å². The molecule has 3 nitrogen and oxygen atoms in total. The van der Waals surface area contributed by atoms with Gasteiger partial charge in [-0.15, -0.1) is 22.9 Å². The van der Waals surface area contributed by atoms with Gasteiger partial charge in [-0.05, 0) is 19.1 Å². The zero-order chi connectivity index (χ0) is 11.4. The highest BCUT2D eigenvalue weighted by Gasteiger charge is 2.13. The van der Waals surface area contributed by atoms with Gasteiger partial charge in [0.2, 0.25) is 5.91 Å². The Hall–Kier alpha value is -0.290. The third kappa shape index (κ3) is 3.99. The fraction of sp³-hybridized carbons (Fsp3) is 0.444. The third-order valence-corrected chi connectivity index (χ3v) is 3.28. The standard InChI is InChI=1S/C9H11Cl2NO2S/c1-5(10)9(14)12-4-6(13)7-2-3-8(11)15-7/h2-3,5-6,13H,4H2,1H3,(H,12,14). The Labute approximate surface area is 102 Å².